The van der Waals surface area contributed by atoms with Gasteiger partial charge in [-0.2, -0.15) is 0 Å². The summed E-state index contributed by atoms with van der Waals surface area (Å²) in [5, 5.41) is 3.31. The third-order valence-corrected chi connectivity index (χ3v) is 4.59. The summed E-state index contributed by atoms with van der Waals surface area (Å²) in [5.74, 6) is 1.10. The summed E-state index contributed by atoms with van der Waals surface area (Å²) < 4.78 is 10.8. The van der Waals surface area contributed by atoms with Gasteiger partial charge in [-0.25, -0.2) is 0 Å². The van der Waals surface area contributed by atoms with Crippen molar-refractivity contribution in [2.75, 3.05) is 7.11 Å². The third-order valence-electron chi connectivity index (χ3n) is 4.59. The Balaban J connectivity index is 1.87. The molecule has 1 N–H and O–H groups in total. The minimum atomic E-state index is -0.317. The first-order valence-electron chi connectivity index (χ1n) is 8.49. The molecule has 130 valence electrons. The molecule has 1 aromatic heterocycles. The molecule has 0 fully saturated rings. The number of methoxy groups -OCH3 is 1. The van der Waals surface area contributed by atoms with Crippen LogP contribution in [0.2, 0.25) is 0 Å². The van der Waals surface area contributed by atoms with E-state index < -0.39 is 0 Å². The molecule has 0 aliphatic rings. The van der Waals surface area contributed by atoms with Crippen LogP contribution in [0.25, 0.3) is 21.7 Å². The average Bonchev–Trinajstić information content (AvgIpc) is 3.05. The lowest BCUT2D eigenvalue weighted by atomic mass is 9.97. The molecule has 0 amide bonds. The van der Waals surface area contributed by atoms with Crippen LogP contribution in [-0.2, 0) is 11.2 Å². The summed E-state index contributed by atoms with van der Waals surface area (Å²) in [4.78, 5) is 14.9. The Hall–Kier alpha value is -3.27. The van der Waals surface area contributed by atoms with Crippen LogP contribution in [0.1, 0.15) is 18.1 Å². The summed E-state index contributed by atoms with van der Waals surface area (Å²) >= 11 is 0. The second-order valence-electron chi connectivity index (χ2n) is 6.26. The lowest BCUT2D eigenvalue weighted by molar-refractivity contribution is -0.131. The minimum Gasteiger partial charge on any atom is -0.497 e. The van der Waals surface area contributed by atoms with Crippen molar-refractivity contribution in [3.05, 3.63) is 71.9 Å². The molecule has 3 aromatic carbocycles. The first-order valence-corrected chi connectivity index (χ1v) is 8.49. The second kappa shape index (κ2) is 6.56. The van der Waals surface area contributed by atoms with Gasteiger partial charge in [0.15, 0.2) is 0 Å². The maximum absolute atomic E-state index is 11.6. The van der Waals surface area contributed by atoms with E-state index in [-0.39, 0.29) is 5.97 Å². The van der Waals surface area contributed by atoms with Crippen LogP contribution in [0, 0.1) is 0 Å². The smallest absolute Gasteiger partial charge is 0.308 e. The number of rotatable bonds is 4. The molecule has 0 bridgehead atoms. The molecule has 4 rings (SSSR count). The highest BCUT2D eigenvalue weighted by atomic mass is 16.5. The van der Waals surface area contributed by atoms with Gasteiger partial charge < -0.3 is 14.5 Å². The van der Waals surface area contributed by atoms with Gasteiger partial charge in [0, 0.05) is 36.0 Å². The molecule has 0 saturated carbocycles. The van der Waals surface area contributed by atoms with Gasteiger partial charge in [0.1, 0.15) is 11.5 Å². The van der Waals surface area contributed by atoms with Gasteiger partial charge in [-0.1, -0.05) is 30.3 Å². The molecule has 0 aliphatic carbocycles. The Bertz CT molecular complexity index is 1110. The predicted molar refractivity (Wildman–Crippen MR) is 103 cm³/mol. The zero-order chi connectivity index (χ0) is 18.1. The molecule has 0 unspecified atom stereocenters. The Morgan fingerprint density at radius 2 is 1.88 bits per heavy atom. The van der Waals surface area contributed by atoms with Crippen LogP contribution < -0.4 is 9.47 Å². The fourth-order valence-electron chi connectivity index (χ4n) is 3.37. The lowest BCUT2D eigenvalue weighted by Crippen LogP contribution is -2.05. The van der Waals surface area contributed by atoms with Crippen LogP contribution >= 0.6 is 0 Å². The van der Waals surface area contributed by atoms with Gasteiger partial charge in [-0.15, -0.1) is 0 Å². The van der Waals surface area contributed by atoms with E-state index in [0.29, 0.717) is 12.2 Å². The largest absolute Gasteiger partial charge is 0.497 e. The molecule has 0 aliphatic heterocycles. The van der Waals surface area contributed by atoms with E-state index in [2.05, 4.69) is 17.1 Å². The fraction of sp³-hybridized carbons (Fsp3) is 0.136. The molecule has 0 radical (unpaired) electrons. The zero-order valence-corrected chi connectivity index (χ0v) is 14.7. The van der Waals surface area contributed by atoms with Crippen LogP contribution in [0.3, 0.4) is 0 Å². The first-order chi connectivity index (χ1) is 12.7. The Morgan fingerprint density at radius 1 is 1.04 bits per heavy atom. The number of fused-ring (bicyclic) bond motifs is 2. The van der Waals surface area contributed by atoms with Gasteiger partial charge in [-0.05, 0) is 40.6 Å². The molecule has 0 spiro atoms. The van der Waals surface area contributed by atoms with Gasteiger partial charge in [-0.3, -0.25) is 4.79 Å². The van der Waals surface area contributed by atoms with Crippen molar-refractivity contribution < 1.29 is 14.3 Å². The molecule has 4 nitrogen and oxygen atoms in total. The number of nitrogens with one attached hydrogen (secondary N) is 1. The fourth-order valence-corrected chi connectivity index (χ4v) is 3.37. The molecule has 4 heteroatoms. The summed E-state index contributed by atoms with van der Waals surface area (Å²) in [7, 11) is 1.66. The zero-order valence-electron chi connectivity index (χ0n) is 14.7. The molecule has 0 atom stereocenters. The van der Waals surface area contributed by atoms with Crippen LogP contribution in [0.15, 0.2) is 60.8 Å². The lowest BCUT2D eigenvalue weighted by Gasteiger charge is -2.12. The van der Waals surface area contributed by atoms with E-state index in [1.165, 1.54) is 6.92 Å². The van der Waals surface area contributed by atoms with Crippen molar-refractivity contribution in [3.8, 4) is 11.5 Å². The number of hydrogen-bond donors (Lipinski definition) is 1. The number of H-pyrrole nitrogens is 1. The summed E-state index contributed by atoms with van der Waals surface area (Å²) in [6.45, 7) is 1.43. The maximum atomic E-state index is 11.6. The number of ether oxygens (including phenoxy) is 2. The normalized spacial score (nSPS) is 11.0. The van der Waals surface area contributed by atoms with Gasteiger partial charge in [0.2, 0.25) is 0 Å². The topological polar surface area (TPSA) is 51.3 Å². The van der Waals surface area contributed by atoms with E-state index in [9.17, 15) is 4.79 Å². The molecular formula is C22H19NO3. The van der Waals surface area contributed by atoms with E-state index in [1.54, 1.807) is 7.11 Å². The van der Waals surface area contributed by atoms with E-state index >= 15 is 0 Å². The SMILES string of the molecule is COc1ccc2[nH]cc(Cc3c(OC(C)=O)ccc4ccccc34)c2c1. The molecule has 1 heterocycles. The minimum absolute atomic E-state index is 0.317. The number of carbonyl (C=O) groups is 1. The van der Waals surface area contributed by atoms with Crippen molar-refractivity contribution in [2.24, 2.45) is 0 Å². The Labute approximate surface area is 151 Å². The molecular weight excluding hydrogens is 326 g/mol. The van der Waals surface area contributed by atoms with Gasteiger partial charge in [0.25, 0.3) is 0 Å². The number of carbonyl (C=O) groups excluding carboxylic acids is 1. The Kier molecular flexibility index (Phi) is 4.09. The number of esters is 1. The van der Waals surface area contributed by atoms with Crippen molar-refractivity contribution in [1.82, 2.24) is 4.98 Å². The molecule has 0 saturated heterocycles. The van der Waals surface area contributed by atoms with E-state index in [4.69, 9.17) is 9.47 Å². The highest BCUT2D eigenvalue weighted by Gasteiger charge is 2.14. The van der Waals surface area contributed by atoms with Crippen molar-refractivity contribution >= 4 is 27.6 Å². The average molecular weight is 345 g/mol. The quantitative estimate of drug-likeness (QED) is 0.425. The van der Waals surface area contributed by atoms with Crippen molar-refractivity contribution in [1.29, 1.82) is 0 Å². The van der Waals surface area contributed by atoms with Gasteiger partial charge in [0.05, 0.1) is 7.11 Å². The van der Waals surface area contributed by atoms with E-state index in [0.717, 1.165) is 38.6 Å². The van der Waals surface area contributed by atoms with Gasteiger partial charge >= 0.3 is 5.97 Å². The Morgan fingerprint density at radius 3 is 2.69 bits per heavy atom. The van der Waals surface area contributed by atoms with Crippen molar-refractivity contribution in [3.63, 3.8) is 0 Å². The van der Waals surface area contributed by atoms with Crippen molar-refractivity contribution in [2.45, 2.75) is 13.3 Å². The number of benzene rings is 3. The summed E-state index contributed by atoms with van der Waals surface area (Å²) in [5.41, 5.74) is 3.18. The monoisotopic (exact) mass is 345 g/mol. The van der Waals surface area contributed by atoms with E-state index in [1.807, 2.05) is 48.7 Å². The number of hydrogen-bond acceptors (Lipinski definition) is 3. The molecule has 26 heavy (non-hydrogen) atoms. The standard InChI is InChI=1S/C22H19NO3/c1-14(24)26-22-10-7-15-5-3-4-6-18(15)20(22)11-16-13-23-21-9-8-17(25-2)12-19(16)21/h3-10,12-13,23H,11H2,1-2H3. The number of aromatic nitrogens is 1. The first kappa shape index (κ1) is 16.2. The predicted octanol–water partition coefficient (Wildman–Crippen LogP) is 4.85. The maximum Gasteiger partial charge on any atom is 0.308 e. The third kappa shape index (κ3) is 2.90. The summed E-state index contributed by atoms with van der Waals surface area (Å²) in [6.07, 6.45) is 2.65. The highest BCUT2D eigenvalue weighted by molar-refractivity contribution is 5.91. The van der Waals surface area contributed by atoms with Crippen LogP contribution in [0.4, 0.5) is 0 Å². The van der Waals surface area contributed by atoms with Crippen LogP contribution in [-0.4, -0.2) is 18.1 Å². The summed E-state index contributed by atoms with van der Waals surface area (Å²) in [6, 6.07) is 18.0. The van der Waals surface area contributed by atoms with Crippen LogP contribution in [0.5, 0.6) is 11.5 Å². The molecule has 4 aromatic rings. The number of aromatic amines is 1. The second-order valence-corrected chi connectivity index (χ2v) is 6.26. The highest BCUT2D eigenvalue weighted by Crippen LogP contribution is 2.33.